The van der Waals surface area contributed by atoms with Crippen molar-refractivity contribution in [3.63, 3.8) is 0 Å². The van der Waals surface area contributed by atoms with E-state index in [2.05, 4.69) is 121 Å². The van der Waals surface area contributed by atoms with Crippen molar-refractivity contribution in [1.29, 1.82) is 5.26 Å². The van der Waals surface area contributed by atoms with Crippen LogP contribution in [0.2, 0.25) is 5.04 Å². The van der Waals surface area contributed by atoms with Crippen molar-refractivity contribution >= 4 is 38.4 Å². The molecule has 0 saturated carbocycles. The Hall–Kier alpha value is -0.670. The fourth-order valence-corrected chi connectivity index (χ4v) is 8.06. The van der Waals surface area contributed by atoms with Gasteiger partial charge >= 0.3 is 51.6 Å². The topological polar surface area (TPSA) is 33.0 Å². The molecular weight excluding hydrogens is 614 g/mol. The normalized spacial score (nSPS) is 10.3. The van der Waals surface area contributed by atoms with Gasteiger partial charge in [-0.2, -0.15) is 31.2 Å². The Morgan fingerprint density at radius 1 is 1.00 bits per heavy atom. The van der Waals surface area contributed by atoms with Gasteiger partial charge in [-0.15, -0.1) is 0 Å². The first-order valence-electron chi connectivity index (χ1n) is 9.72. The van der Waals surface area contributed by atoms with E-state index in [9.17, 15) is 0 Å². The van der Waals surface area contributed by atoms with Crippen LogP contribution >= 0.6 is 19.8 Å². The Labute approximate surface area is 222 Å². The Balaban J connectivity index is 0. The van der Waals surface area contributed by atoms with Crippen LogP contribution in [0, 0.1) is 18.8 Å². The quantitative estimate of drug-likeness (QED) is 0.112. The summed E-state index contributed by atoms with van der Waals surface area (Å²) in [5, 5.41) is 8.90. The third-order valence-electron chi connectivity index (χ3n) is 4.86. The number of halogens is 1. The molecule has 0 spiro atoms. The summed E-state index contributed by atoms with van der Waals surface area (Å²) in [4.78, 5) is 0. The average molecular weight is 645 g/mol. The van der Waals surface area contributed by atoms with E-state index < -0.39 is 8.32 Å². The molecule has 0 atom stereocenters. The van der Waals surface area contributed by atoms with Gasteiger partial charge in [0.1, 0.15) is 0 Å². The van der Waals surface area contributed by atoms with E-state index >= 15 is 0 Å². The standard InChI is InChI=1S/C24H31OSi.CN.Cu.HI.Zn/c1-20(2)21(3)14-13-19-25-26(24(4,5)6,22-15-9-7-10-16-22)23-17-11-8-12-18-23;1-2;;;/h7-12,15-18H,1-3,13-14,19H2,4-6H3;;;1H;/q2*-1;+1;;+2/p-1. The molecule has 0 aliphatic heterocycles. The van der Waals surface area contributed by atoms with Crippen molar-refractivity contribution in [3.05, 3.63) is 98.5 Å². The summed E-state index contributed by atoms with van der Waals surface area (Å²) in [6.07, 6.45) is 1.80. The number of rotatable bonds is 8. The molecule has 0 heterocycles. The van der Waals surface area contributed by atoms with Gasteiger partial charge in [-0.3, -0.25) is 0 Å². The van der Waals surface area contributed by atoms with Crippen LogP contribution in [0.1, 0.15) is 33.6 Å². The molecule has 0 aliphatic rings. The van der Waals surface area contributed by atoms with E-state index in [0.717, 1.165) is 24.0 Å². The van der Waals surface area contributed by atoms with Crippen LogP contribution in [0.5, 0.6) is 0 Å². The van der Waals surface area contributed by atoms with Gasteiger partial charge in [0.15, 0.2) is 0 Å². The van der Waals surface area contributed by atoms with Crippen LogP contribution in [0.3, 0.4) is 0 Å². The van der Waals surface area contributed by atoms with Gasteiger partial charge in [0.2, 0.25) is 0 Å². The molecule has 0 aliphatic carbocycles. The third-order valence-corrected chi connectivity index (χ3v) is 9.90. The second-order valence-corrected chi connectivity index (χ2v) is 12.1. The molecule has 0 bridgehead atoms. The first-order chi connectivity index (χ1) is 14.3. The molecule has 166 valence electrons. The van der Waals surface area contributed by atoms with Gasteiger partial charge < -0.3 is 16.3 Å². The Bertz CT molecular complexity index is 752. The Kier molecular flexibility index (Phi) is 17.7. The van der Waals surface area contributed by atoms with Crippen molar-refractivity contribution in [2.45, 2.75) is 38.7 Å². The minimum atomic E-state index is -2.42. The minimum absolute atomic E-state index is 0. The van der Waals surface area contributed by atoms with E-state index in [1.54, 1.807) is 0 Å². The number of benzene rings is 2. The zero-order valence-corrected chi connectivity index (χ0v) is 25.8. The van der Waals surface area contributed by atoms with Crippen LogP contribution in [0.25, 0.3) is 0 Å². The maximum absolute atomic E-state index is 6.84. The van der Waals surface area contributed by atoms with Gasteiger partial charge in [0.25, 0.3) is 8.32 Å². The summed E-state index contributed by atoms with van der Waals surface area (Å²) in [5.41, 5.74) is 1.83. The van der Waals surface area contributed by atoms with Gasteiger partial charge in [-0.1, -0.05) is 87.9 Å². The first kappa shape index (κ1) is 32.5. The second-order valence-electron chi connectivity index (χ2n) is 7.82. The molecule has 0 N–H and O–H groups in total. The molecule has 0 unspecified atom stereocenters. The Morgan fingerprint density at radius 3 is 1.71 bits per heavy atom. The fraction of sp³-hybridized carbons (Fsp3) is 0.280. The van der Waals surface area contributed by atoms with Crippen molar-refractivity contribution in [2.75, 3.05) is 6.61 Å². The maximum atomic E-state index is 6.84. The summed E-state index contributed by atoms with van der Waals surface area (Å²) >= 11 is 3.62. The third kappa shape index (κ3) is 9.38. The summed E-state index contributed by atoms with van der Waals surface area (Å²) in [6.45, 7) is 24.2. The molecule has 2 aromatic carbocycles. The van der Waals surface area contributed by atoms with Gasteiger partial charge in [-0.05, 0) is 21.8 Å². The summed E-state index contributed by atoms with van der Waals surface area (Å²) in [5.74, 6) is 0. The summed E-state index contributed by atoms with van der Waals surface area (Å²) < 4.78 is 6.84. The molecule has 2 rings (SSSR count). The van der Waals surface area contributed by atoms with Crippen molar-refractivity contribution in [2.24, 2.45) is 0 Å². The fourth-order valence-electron chi connectivity index (χ4n) is 3.45. The zero-order chi connectivity index (χ0) is 23.2. The van der Waals surface area contributed by atoms with Crippen LogP contribution < -0.4 is 10.4 Å². The van der Waals surface area contributed by atoms with Crippen molar-refractivity contribution in [3.8, 4) is 0 Å². The molecule has 2 aromatic rings. The van der Waals surface area contributed by atoms with Crippen molar-refractivity contribution in [1.82, 2.24) is 0 Å². The van der Waals surface area contributed by atoms with Gasteiger partial charge in [0, 0.05) is 6.61 Å². The molecule has 31 heavy (non-hydrogen) atoms. The van der Waals surface area contributed by atoms with E-state index in [0.29, 0.717) is 6.61 Å². The summed E-state index contributed by atoms with van der Waals surface area (Å²) in [7, 11) is -2.42. The average Bonchev–Trinajstić information content (AvgIpc) is 2.77. The van der Waals surface area contributed by atoms with Crippen molar-refractivity contribution < 1.29 is 36.3 Å². The van der Waals surface area contributed by atoms with Crippen LogP contribution in [-0.4, -0.2) is 14.9 Å². The summed E-state index contributed by atoms with van der Waals surface area (Å²) in [6, 6.07) is 21.5. The monoisotopic (exact) mass is 643 g/mol. The number of hydrogen-bond donors (Lipinski definition) is 0. The number of allylic oxidation sites excluding steroid dienone is 2. The van der Waals surface area contributed by atoms with Crippen LogP contribution in [0.4, 0.5) is 0 Å². The molecule has 2 nitrogen and oxygen atoms in total. The Morgan fingerprint density at radius 2 is 1.39 bits per heavy atom. The molecule has 0 amide bonds. The predicted octanol–water partition coefficient (Wildman–Crippen LogP) is 6.27. The van der Waals surface area contributed by atoms with E-state index in [4.69, 9.17) is 16.3 Å². The molecular formula is C25H31CuINOSiZn. The first-order valence-corrected chi connectivity index (χ1v) is 20.7. The molecule has 0 fully saturated rings. The SMILES string of the molecule is C=C([CH2-])C(=C)CCCO[Si](c1ccccc1)(c1ccccc1)C(C)(C)C.[C-]#N.[Cu+].[Zn+][I]. The van der Waals surface area contributed by atoms with Crippen LogP contribution in [-0.2, 0) is 36.3 Å². The second kappa shape index (κ2) is 16.9. The molecule has 6 heteroatoms. The number of nitrogens with zero attached hydrogens (tertiary/aromatic N) is 1. The number of hydrogen-bond acceptors (Lipinski definition) is 2. The van der Waals surface area contributed by atoms with Crippen LogP contribution in [0.15, 0.2) is 85.0 Å². The molecule has 0 aromatic heterocycles. The molecule has 0 saturated heterocycles. The van der Waals surface area contributed by atoms with Gasteiger partial charge in [0.05, 0.1) is 0 Å². The predicted molar refractivity (Wildman–Crippen MR) is 135 cm³/mol. The van der Waals surface area contributed by atoms with E-state index in [1.807, 2.05) is 0 Å². The van der Waals surface area contributed by atoms with E-state index in [1.165, 1.54) is 25.2 Å². The molecule has 0 radical (unpaired) electrons. The zero-order valence-electron chi connectivity index (χ0n) is 18.8. The van der Waals surface area contributed by atoms with E-state index in [-0.39, 0.29) is 22.1 Å². The van der Waals surface area contributed by atoms with Gasteiger partial charge in [-0.25, -0.2) is 0 Å².